The third-order valence-electron chi connectivity index (χ3n) is 2.53. The van der Waals surface area contributed by atoms with Crippen molar-refractivity contribution in [3.8, 4) is 0 Å². The highest BCUT2D eigenvalue weighted by atomic mass is 14.9. The summed E-state index contributed by atoms with van der Waals surface area (Å²) in [5, 5.41) is 0. The minimum absolute atomic E-state index is 1.30. The number of pyridine rings is 1. The lowest BCUT2D eigenvalue weighted by molar-refractivity contribution is 1.09. The van der Waals surface area contributed by atoms with E-state index in [1.54, 1.807) is 0 Å². The van der Waals surface area contributed by atoms with Crippen LogP contribution in [-0.2, 0) is 0 Å². The molecule has 2 aromatic rings. The monoisotopic (exact) mass is 159 g/mol. The summed E-state index contributed by atoms with van der Waals surface area (Å²) in [6, 6.07) is 6.40. The fourth-order valence-electron chi connectivity index (χ4n) is 1.60. The molecule has 0 N–H and O–H groups in total. The first-order chi connectivity index (χ1) is 5.70. The van der Waals surface area contributed by atoms with Gasteiger partial charge in [0.25, 0.3) is 0 Å². The van der Waals surface area contributed by atoms with E-state index in [0.717, 1.165) is 0 Å². The van der Waals surface area contributed by atoms with Crippen LogP contribution < -0.4 is 0 Å². The molecule has 0 radical (unpaired) electrons. The van der Waals surface area contributed by atoms with Crippen LogP contribution in [0.25, 0.3) is 5.52 Å². The summed E-state index contributed by atoms with van der Waals surface area (Å²) in [6.45, 7) is 6.46. The lowest BCUT2D eigenvalue weighted by Gasteiger charge is -1.98. The zero-order chi connectivity index (χ0) is 8.72. The number of nitrogens with zero attached hydrogens (tertiary/aromatic N) is 1. The lowest BCUT2D eigenvalue weighted by Crippen LogP contribution is -1.86. The molecule has 2 aromatic heterocycles. The molecule has 62 valence electrons. The Hall–Kier alpha value is -1.24. The average molecular weight is 159 g/mol. The molecule has 0 fully saturated rings. The second-order valence-corrected chi connectivity index (χ2v) is 3.36. The van der Waals surface area contributed by atoms with Crippen LogP contribution in [0, 0.1) is 20.8 Å². The van der Waals surface area contributed by atoms with Gasteiger partial charge in [0.2, 0.25) is 0 Å². The van der Waals surface area contributed by atoms with Gasteiger partial charge in [-0.1, -0.05) is 6.07 Å². The van der Waals surface area contributed by atoms with E-state index in [0.29, 0.717) is 0 Å². The van der Waals surface area contributed by atoms with Crippen molar-refractivity contribution >= 4 is 5.52 Å². The summed E-state index contributed by atoms with van der Waals surface area (Å²) in [6.07, 6.45) is 2.19. The molecule has 0 atom stereocenters. The number of aryl methyl sites for hydroxylation is 3. The molecule has 0 bridgehead atoms. The van der Waals surface area contributed by atoms with Gasteiger partial charge in [-0.2, -0.15) is 0 Å². The lowest BCUT2D eigenvalue weighted by atomic mass is 10.2. The summed E-state index contributed by atoms with van der Waals surface area (Å²) in [7, 11) is 0. The first kappa shape index (κ1) is 7.41. The molecular formula is C11H13N. The molecular weight excluding hydrogens is 146 g/mol. The van der Waals surface area contributed by atoms with E-state index in [2.05, 4.69) is 49.6 Å². The zero-order valence-corrected chi connectivity index (χ0v) is 7.76. The molecule has 0 unspecified atom stereocenters. The van der Waals surface area contributed by atoms with E-state index < -0.39 is 0 Å². The maximum absolute atomic E-state index is 2.24. The van der Waals surface area contributed by atoms with Gasteiger partial charge < -0.3 is 4.40 Å². The van der Waals surface area contributed by atoms with E-state index in [-0.39, 0.29) is 0 Å². The van der Waals surface area contributed by atoms with Gasteiger partial charge in [-0.15, -0.1) is 0 Å². The number of rotatable bonds is 0. The quantitative estimate of drug-likeness (QED) is 0.556. The molecule has 0 aliphatic carbocycles. The number of hydrogen-bond donors (Lipinski definition) is 0. The van der Waals surface area contributed by atoms with Crippen LogP contribution >= 0.6 is 0 Å². The highest BCUT2D eigenvalue weighted by Crippen LogP contribution is 2.17. The van der Waals surface area contributed by atoms with Crippen LogP contribution in [0.15, 0.2) is 24.4 Å². The van der Waals surface area contributed by atoms with Crippen LogP contribution in [0.3, 0.4) is 0 Å². The van der Waals surface area contributed by atoms with Crippen molar-refractivity contribution in [1.29, 1.82) is 0 Å². The third-order valence-corrected chi connectivity index (χ3v) is 2.53. The average Bonchev–Trinajstić information content (AvgIpc) is 2.32. The van der Waals surface area contributed by atoms with Gasteiger partial charge in [0, 0.05) is 17.4 Å². The summed E-state index contributed by atoms with van der Waals surface area (Å²) >= 11 is 0. The van der Waals surface area contributed by atoms with Gasteiger partial charge in [0.05, 0.1) is 0 Å². The van der Waals surface area contributed by atoms with Crippen molar-refractivity contribution in [2.45, 2.75) is 20.8 Å². The Kier molecular flexibility index (Phi) is 1.47. The van der Waals surface area contributed by atoms with Gasteiger partial charge in [-0.3, -0.25) is 0 Å². The van der Waals surface area contributed by atoms with Crippen molar-refractivity contribution in [2.75, 3.05) is 0 Å². The summed E-state index contributed by atoms with van der Waals surface area (Å²) < 4.78 is 2.24. The Balaban J connectivity index is 2.95. The molecule has 0 saturated heterocycles. The van der Waals surface area contributed by atoms with Crippen molar-refractivity contribution < 1.29 is 0 Å². The fraction of sp³-hybridized carbons (Fsp3) is 0.273. The van der Waals surface area contributed by atoms with Gasteiger partial charge in [0.15, 0.2) is 0 Å². The topological polar surface area (TPSA) is 4.41 Å². The van der Waals surface area contributed by atoms with E-state index in [1.165, 1.54) is 22.3 Å². The summed E-state index contributed by atoms with van der Waals surface area (Å²) in [4.78, 5) is 0. The molecule has 0 spiro atoms. The molecule has 2 heterocycles. The van der Waals surface area contributed by atoms with Crippen molar-refractivity contribution in [3.63, 3.8) is 0 Å². The van der Waals surface area contributed by atoms with Gasteiger partial charge in [-0.05, 0) is 44.0 Å². The smallest absolute Gasteiger partial charge is 0.0484 e. The second-order valence-electron chi connectivity index (χ2n) is 3.36. The van der Waals surface area contributed by atoms with Crippen molar-refractivity contribution in [1.82, 2.24) is 4.40 Å². The van der Waals surface area contributed by atoms with Gasteiger partial charge in [-0.25, -0.2) is 0 Å². The minimum Gasteiger partial charge on any atom is -0.321 e. The van der Waals surface area contributed by atoms with Crippen LogP contribution in [0.5, 0.6) is 0 Å². The number of hydrogen-bond acceptors (Lipinski definition) is 0. The highest BCUT2D eigenvalue weighted by molar-refractivity contribution is 5.59. The second kappa shape index (κ2) is 2.37. The normalized spacial score (nSPS) is 10.9. The predicted octanol–water partition coefficient (Wildman–Crippen LogP) is 2.86. The molecule has 1 heteroatoms. The largest absolute Gasteiger partial charge is 0.321 e. The SMILES string of the molecule is Cc1cn2c(C)cccc2c1C. The van der Waals surface area contributed by atoms with E-state index in [4.69, 9.17) is 0 Å². The Bertz CT molecular complexity index is 424. The maximum atomic E-state index is 2.24. The molecule has 0 aliphatic heterocycles. The van der Waals surface area contributed by atoms with Crippen LogP contribution in [-0.4, -0.2) is 4.40 Å². The van der Waals surface area contributed by atoms with E-state index in [1.807, 2.05) is 0 Å². The van der Waals surface area contributed by atoms with Crippen LogP contribution in [0.1, 0.15) is 16.8 Å². The molecule has 1 nitrogen and oxygen atoms in total. The molecule has 12 heavy (non-hydrogen) atoms. The van der Waals surface area contributed by atoms with Crippen molar-refractivity contribution in [2.24, 2.45) is 0 Å². The van der Waals surface area contributed by atoms with Gasteiger partial charge in [0.1, 0.15) is 0 Å². The Morgan fingerprint density at radius 2 is 1.83 bits per heavy atom. The van der Waals surface area contributed by atoms with Crippen molar-refractivity contribution in [3.05, 3.63) is 41.2 Å². The Labute approximate surface area is 72.6 Å². The molecule has 0 aliphatic rings. The van der Waals surface area contributed by atoms with E-state index >= 15 is 0 Å². The minimum atomic E-state index is 1.30. The van der Waals surface area contributed by atoms with Gasteiger partial charge >= 0.3 is 0 Å². The Morgan fingerprint density at radius 3 is 2.50 bits per heavy atom. The first-order valence-electron chi connectivity index (χ1n) is 4.24. The highest BCUT2D eigenvalue weighted by Gasteiger charge is 2.02. The molecule has 0 amide bonds. The number of fused-ring (bicyclic) bond motifs is 1. The van der Waals surface area contributed by atoms with Crippen LogP contribution in [0.2, 0.25) is 0 Å². The first-order valence-corrected chi connectivity index (χ1v) is 4.24. The third kappa shape index (κ3) is 0.860. The molecule has 0 aromatic carbocycles. The predicted molar refractivity (Wildman–Crippen MR) is 51.6 cm³/mol. The fourth-order valence-corrected chi connectivity index (χ4v) is 1.60. The Morgan fingerprint density at radius 1 is 1.08 bits per heavy atom. The zero-order valence-electron chi connectivity index (χ0n) is 7.76. The van der Waals surface area contributed by atoms with E-state index in [9.17, 15) is 0 Å². The maximum Gasteiger partial charge on any atom is 0.0484 e. The number of aromatic nitrogens is 1. The molecule has 0 saturated carbocycles. The molecule has 2 rings (SSSR count). The van der Waals surface area contributed by atoms with Crippen LogP contribution in [0.4, 0.5) is 0 Å². The summed E-state index contributed by atoms with van der Waals surface area (Å²) in [5.74, 6) is 0. The summed E-state index contributed by atoms with van der Waals surface area (Å²) in [5.41, 5.74) is 5.37. The standard InChI is InChI=1S/C11H13N/c1-8-7-12-9(2)5-4-6-11(12)10(8)3/h4-7H,1-3H3.